The van der Waals surface area contributed by atoms with Gasteiger partial charge in [0.2, 0.25) is 0 Å². The van der Waals surface area contributed by atoms with E-state index >= 15 is 0 Å². The van der Waals surface area contributed by atoms with Crippen molar-refractivity contribution in [2.45, 2.75) is 5.16 Å². The van der Waals surface area contributed by atoms with Gasteiger partial charge in [-0.1, -0.05) is 54.2 Å². The summed E-state index contributed by atoms with van der Waals surface area (Å²) in [5, 5.41) is 9.90. The molecule has 3 rings (SSSR count). The molecule has 0 unspecified atom stereocenters. The van der Waals surface area contributed by atoms with Gasteiger partial charge < -0.3 is 14.5 Å². The number of H-pyrrole nitrogens is 1. The molecular formula is C22H19N3O3S. The second-order valence-electron chi connectivity index (χ2n) is 5.87. The monoisotopic (exact) mass is 405 g/mol. The standard InChI is InChI=1S/C22H19N3O3S/c1-27-18-12-6-11-16(19-17(14-23)21(26)25-22(24-19)29-2)20(18)28-13-7-10-15-8-4-3-5-9-15/h3-12H,13H2,1-2H3,(H,24,25,26). The van der Waals surface area contributed by atoms with E-state index in [9.17, 15) is 10.1 Å². The number of hydrogen-bond acceptors (Lipinski definition) is 6. The van der Waals surface area contributed by atoms with Crippen LogP contribution in [0.5, 0.6) is 11.5 Å². The van der Waals surface area contributed by atoms with Gasteiger partial charge in [0.1, 0.15) is 23.9 Å². The first-order valence-electron chi connectivity index (χ1n) is 8.78. The first kappa shape index (κ1) is 20.2. The molecular weight excluding hydrogens is 386 g/mol. The number of nitriles is 1. The number of benzene rings is 2. The first-order valence-corrected chi connectivity index (χ1v) is 10.0. The molecule has 2 aromatic carbocycles. The van der Waals surface area contributed by atoms with Crippen LogP contribution in [-0.4, -0.2) is 29.9 Å². The highest BCUT2D eigenvalue weighted by Gasteiger charge is 2.19. The van der Waals surface area contributed by atoms with Crippen molar-refractivity contribution in [1.29, 1.82) is 5.26 Å². The van der Waals surface area contributed by atoms with Crippen LogP contribution in [-0.2, 0) is 0 Å². The Balaban J connectivity index is 1.99. The lowest BCUT2D eigenvalue weighted by Gasteiger charge is -2.14. The van der Waals surface area contributed by atoms with E-state index in [1.54, 1.807) is 24.5 Å². The summed E-state index contributed by atoms with van der Waals surface area (Å²) in [6, 6.07) is 17.1. The number of nitrogens with zero attached hydrogens (tertiary/aromatic N) is 2. The van der Waals surface area contributed by atoms with Crippen LogP contribution in [0.3, 0.4) is 0 Å². The minimum absolute atomic E-state index is 0.0688. The van der Waals surface area contributed by atoms with Crippen LogP contribution in [0.25, 0.3) is 17.3 Å². The molecule has 1 heterocycles. The molecule has 1 N–H and O–H groups in total. The van der Waals surface area contributed by atoms with E-state index in [-0.39, 0.29) is 17.9 Å². The molecule has 7 heteroatoms. The summed E-state index contributed by atoms with van der Waals surface area (Å²) in [5.41, 5.74) is 1.29. The van der Waals surface area contributed by atoms with Crippen LogP contribution in [0.2, 0.25) is 0 Å². The van der Waals surface area contributed by atoms with Gasteiger partial charge in [0.25, 0.3) is 5.56 Å². The van der Waals surface area contributed by atoms with E-state index in [0.29, 0.717) is 22.2 Å². The van der Waals surface area contributed by atoms with Crippen LogP contribution in [0.1, 0.15) is 11.1 Å². The average Bonchev–Trinajstić information content (AvgIpc) is 2.76. The molecule has 0 saturated heterocycles. The molecule has 0 aliphatic heterocycles. The third-order valence-electron chi connectivity index (χ3n) is 4.09. The molecule has 0 aliphatic rings. The predicted octanol–water partition coefficient (Wildman–Crippen LogP) is 4.13. The second kappa shape index (κ2) is 9.62. The van der Waals surface area contributed by atoms with Gasteiger partial charge >= 0.3 is 0 Å². The number of para-hydroxylation sites is 1. The number of aromatic amines is 1. The van der Waals surface area contributed by atoms with Crippen LogP contribution in [0.4, 0.5) is 0 Å². The first-order chi connectivity index (χ1) is 14.2. The third-order valence-corrected chi connectivity index (χ3v) is 4.67. The van der Waals surface area contributed by atoms with E-state index in [1.807, 2.05) is 48.6 Å². The van der Waals surface area contributed by atoms with E-state index in [0.717, 1.165) is 5.56 Å². The fourth-order valence-corrected chi connectivity index (χ4v) is 3.12. The Morgan fingerprint density at radius 3 is 2.69 bits per heavy atom. The molecule has 0 fully saturated rings. The predicted molar refractivity (Wildman–Crippen MR) is 114 cm³/mol. The van der Waals surface area contributed by atoms with Gasteiger partial charge in [-0.2, -0.15) is 5.26 Å². The fraction of sp³-hybridized carbons (Fsp3) is 0.136. The molecule has 0 spiro atoms. The summed E-state index contributed by atoms with van der Waals surface area (Å²) in [7, 11) is 1.54. The van der Waals surface area contributed by atoms with Crippen molar-refractivity contribution in [3.63, 3.8) is 0 Å². The third kappa shape index (κ3) is 4.68. The summed E-state index contributed by atoms with van der Waals surface area (Å²) in [4.78, 5) is 19.3. The Hall–Kier alpha value is -3.50. The molecule has 29 heavy (non-hydrogen) atoms. The number of rotatable bonds is 7. The van der Waals surface area contributed by atoms with Gasteiger partial charge in [-0.25, -0.2) is 4.98 Å². The van der Waals surface area contributed by atoms with Crippen molar-refractivity contribution >= 4 is 17.8 Å². The molecule has 1 aromatic heterocycles. The minimum atomic E-state index is -0.486. The Bertz CT molecular complexity index is 1120. The molecule has 0 atom stereocenters. The molecule has 0 aliphatic carbocycles. The number of hydrogen-bond donors (Lipinski definition) is 1. The molecule has 0 amide bonds. The van der Waals surface area contributed by atoms with Gasteiger partial charge in [0, 0.05) is 5.56 Å². The lowest BCUT2D eigenvalue weighted by atomic mass is 10.1. The quantitative estimate of drug-likeness (QED) is 0.470. The zero-order valence-electron chi connectivity index (χ0n) is 16.0. The van der Waals surface area contributed by atoms with Gasteiger partial charge in [-0.05, 0) is 30.0 Å². The molecule has 146 valence electrons. The summed E-state index contributed by atoms with van der Waals surface area (Å²) >= 11 is 1.29. The lowest BCUT2D eigenvalue weighted by Crippen LogP contribution is -2.15. The van der Waals surface area contributed by atoms with Crippen molar-refractivity contribution in [1.82, 2.24) is 9.97 Å². The van der Waals surface area contributed by atoms with Crippen LogP contribution in [0, 0.1) is 11.3 Å². The highest BCUT2D eigenvalue weighted by atomic mass is 32.2. The largest absolute Gasteiger partial charge is 0.493 e. The van der Waals surface area contributed by atoms with Crippen molar-refractivity contribution in [2.24, 2.45) is 0 Å². The summed E-state index contributed by atoms with van der Waals surface area (Å²) in [5.74, 6) is 0.918. The smallest absolute Gasteiger partial charge is 0.270 e. The topological polar surface area (TPSA) is 88.0 Å². The maximum atomic E-state index is 12.3. The van der Waals surface area contributed by atoms with Crippen molar-refractivity contribution < 1.29 is 9.47 Å². The summed E-state index contributed by atoms with van der Waals surface area (Å²) in [6.07, 6.45) is 5.63. The van der Waals surface area contributed by atoms with Crippen molar-refractivity contribution in [3.05, 3.63) is 76.1 Å². The number of ether oxygens (including phenoxy) is 2. The molecule has 3 aromatic rings. The Labute approximate surface area is 172 Å². The van der Waals surface area contributed by atoms with E-state index in [1.165, 1.54) is 18.9 Å². The maximum Gasteiger partial charge on any atom is 0.270 e. The van der Waals surface area contributed by atoms with E-state index < -0.39 is 5.56 Å². The SMILES string of the molecule is COc1cccc(-c2nc(SC)[nH]c(=O)c2C#N)c1OCC=Cc1ccccc1. The number of nitrogens with one attached hydrogen (secondary N) is 1. The fourth-order valence-electron chi connectivity index (χ4n) is 2.74. The zero-order valence-corrected chi connectivity index (χ0v) is 16.8. The van der Waals surface area contributed by atoms with Gasteiger partial charge in [0.05, 0.1) is 7.11 Å². The molecule has 0 saturated carbocycles. The zero-order chi connectivity index (χ0) is 20.6. The van der Waals surface area contributed by atoms with Gasteiger partial charge in [-0.3, -0.25) is 4.79 Å². The summed E-state index contributed by atoms with van der Waals surface area (Å²) in [6.45, 7) is 0.280. The van der Waals surface area contributed by atoms with Crippen molar-refractivity contribution in [2.75, 3.05) is 20.0 Å². The number of thioether (sulfide) groups is 1. The lowest BCUT2D eigenvalue weighted by molar-refractivity contribution is 0.328. The molecule has 6 nitrogen and oxygen atoms in total. The second-order valence-corrected chi connectivity index (χ2v) is 6.67. The van der Waals surface area contributed by atoms with Crippen molar-refractivity contribution in [3.8, 4) is 28.8 Å². The van der Waals surface area contributed by atoms with Crippen LogP contribution in [0.15, 0.2) is 64.6 Å². The normalized spacial score (nSPS) is 10.7. The Morgan fingerprint density at radius 1 is 1.21 bits per heavy atom. The average molecular weight is 405 g/mol. The minimum Gasteiger partial charge on any atom is -0.493 e. The van der Waals surface area contributed by atoms with Crippen LogP contribution >= 0.6 is 11.8 Å². The molecule has 0 bridgehead atoms. The van der Waals surface area contributed by atoms with Crippen LogP contribution < -0.4 is 15.0 Å². The van der Waals surface area contributed by atoms with Gasteiger partial charge in [-0.15, -0.1) is 0 Å². The van der Waals surface area contributed by atoms with Gasteiger partial charge in [0.15, 0.2) is 16.7 Å². The Morgan fingerprint density at radius 2 is 2.00 bits per heavy atom. The highest BCUT2D eigenvalue weighted by Crippen LogP contribution is 2.38. The summed E-state index contributed by atoms with van der Waals surface area (Å²) < 4.78 is 11.4. The number of methoxy groups -OCH3 is 1. The highest BCUT2D eigenvalue weighted by molar-refractivity contribution is 7.98. The maximum absolute atomic E-state index is 12.3. The van der Waals surface area contributed by atoms with E-state index in [4.69, 9.17) is 9.47 Å². The Kier molecular flexibility index (Phi) is 6.72. The number of aromatic nitrogens is 2. The molecule has 0 radical (unpaired) electrons. The van der Waals surface area contributed by atoms with E-state index in [2.05, 4.69) is 9.97 Å².